The maximum atomic E-state index is 13.5. The monoisotopic (exact) mass is 686 g/mol. The predicted molar refractivity (Wildman–Crippen MR) is 183 cm³/mol. The summed E-state index contributed by atoms with van der Waals surface area (Å²) in [7, 11) is -2.37. The summed E-state index contributed by atoms with van der Waals surface area (Å²) < 4.78 is 46.7. The van der Waals surface area contributed by atoms with Gasteiger partial charge in [-0.2, -0.15) is 0 Å². The van der Waals surface area contributed by atoms with E-state index in [1.807, 2.05) is 25.1 Å². The molecule has 0 saturated heterocycles. The van der Waals surface area contributed by atoms with Crippen LogP contribution in [0.2, 0.25) is 5.02 Å². The molecule has 2 aromatic carbocycles. The average Bonchev–Trinajstić information content (AvgIpc) is 3.17. The van der Waals surface area contributed by atoms with Crippen LogP contribution in [0.1, 0.15) is 67.4 Å². The number of ether oxygens (including phenoxy) is 3. The Morgan fingerprint density at radius 1 is 1.15 bits per heavy atom. The molecule has 4 aliphatic rings. The molecule has 0 unspecified atom stereocenters. The van der Waals surface area contributed by atoms with E-state index in [2.05, 4.69) is 21.8 Å². The third-order valence-electron chi connectivity index (χ3n) is 11.0. The fourth-order valence-corrected chi connectivity index (χ4v) is 9.39. The second-order valence-corrected chi connectivity index (χ2v) is 16.5. The number of aryl methyl sites for hydroxylation is 1. The topological polar surface area (TPSA) is 114 Å². The summed E-state index contributed by atoms with van der Waals surface area (Å²) in [6, 6.07) is 11.3. The molecule has 0 radical (unpaired) electrons. The van der Waals surface area contributed by atoms with Gasteiger partial charge in [-0.15, -0.1) is 0 Å². The van der Waals surface area contributed by atoms with Gasteiger partial charge in [-0.05, 0) is 105 Å². The first-order valence-electron chi connectivity index (χ1n) is 16.8. The number of amides is 1. The highest BCUT2D eigenvalue weighted by Gasteiger charge is 2.48. The van der Waals surface area contributed by atoms with Crippen molar-refractivity contribution in [2.75, 3.05) is 51.5 Å². The Labute approximate surface area is 283 Å². The number of halogens is 1. The highest BCUT2D eigenvalue weighted by molar-refractivity contribution is 7.90. The number of anilines is 1. The van der Waals surface area contributed by atoms with E-state index in [-0.39, 0.29) is 35.3 Å². The van der Waals surface area contributed by atoms with Crippen molar-refractivity contribution in [3.63, 3.8) is 0 Å². The van der Waals surface area contributed by atoms with Gasteiger partial charge in [0.1, 0.15) is 11.4 Å². The van der Waals surface area contributed by atoms with Crippen LogP contribution in [0.4, 0.5) is 5.69 Å². The fraction of sp³-hybridized carbons (Fsp3) is 0.583. The van der Waals surface area contributed by atoms with Crippen LogP contribution < -0.4 is 14.4 Å². The Hall–Kier alpha value is -2.63. The third kappa shape index (κ3) is 6.95. The molecule has 1 saturated carbocycles. The Kier molecular flexibility index (Phi) is 9.99. The van der Waals surface area contributed by atoms with Crippen LogP contribution in [0.25, 0.3) is 0 Å². The molecule has 2 bridgehead atoms. The standard InChI is InChI=1S/C36H47ClN2O7S/c1-24-6-4-15-36(41,23-45-17-16-44-3)31-11-8-28(31)20-39-21-35(14-5-7-26-18-29(37)10-12-30(26)35)22-46-33-13-9-27(19-32(33)39)34(40)38-47(42,43)25(24)2/h4,9-10,12-13,15,18-19,24-25,28,31,41H,5-8,11,14,16-17,20-23H2,1-3H3,(H,38,40)/b15-4+/t24-,25+,28-,31+,35-,36-/m0/s1. The smallest absolute Gasteiger partial charge is 0.264 e. The van der Waals surface area contributed by atoms with Gasteiger partial charge in [0.05, 0.1) is 37.4 Å². The second kappa shape index (κ2) is 13.7. The van der Waals surface area contributed by atoms with Crippen LogP contribution in [0, 0.1) is 17.8 Å². The summed E-state index contributed by atoms with van der Waals surface area (Å²) in [5.41, 5.74) is 1.93. The summed E-state index contributed by atoms with van der Waals surface area (Å²) in [6.45, 7) is 6.11. The Balaban J connectivity index is 1.42. The maximum absolute atomic E-state index is 13.5. The number of nitrogens with one attached hydrogen (secondary N) is 1. The van der Waals surface area contributed by atoms with Crippen LogP contribution in [0.3, 0.4) is 0 Å². The number of allylic oxidation sites excluding steroid dienone is 1. The predicted octanol–water partition coefficient (Wildman–Crippen LogP) is 5.28. The Bertz CT molecular complexity index is 1620. The lowest BCUT2D eigenvalue weighted by Gasteiger charge is -2.49. The summed E-state index contributed by atoms with van der Waals surface area (Å²) in [5, 5.41) is 12.1. The molecule has 9 nitrogen and oxygen atoms in total. The first-order chi connectivity index (χ1) is 22.4. The fourth-order valence-electron chi connectivity index (χ4n) is 7.91. The van der Waals surface area contributed by atoms with Gasteiger partial charge in [-0.25, -0.2) is 13.1 Å². The minimum atomic E-state index is -3.98. The highest BCUT2D eigenvalue weighted by Crippen LogP contribution is 2.48. The van der Waals surface area contributed by atoms with Gasteiger partial charge in [0, 0.05) is 36.2 Å². The summed E-state index contributed by atoms with van der Waals surface area (Å²) in [5.74, 6) is -0.234. The molecule has 256 valence electrons. The summed E-state index contributed by atoms with van der Waals surface area (Å²) in [4.78, 5) is 15.8. The lowest BCUT2D eigenvalue weighted by molar-refractivity contribution is -0.0994. The number of nitrogens with zero attached hydrogens (tertiary/aromatic N) is 1. The molecule has 2 aliphatic carbocycles. The van der Waals surface area contributed by atoms with Gasteiger partial charge < -0.3 is 24.2 Å². The van der Waals surface area contributed by atoms with Crippen molar-refractivity contribution in [1.82, 2.24) is 4.72 Å². The van der Waals surface area contributed by atoms with Crippen LogP contribution in [0.15, 0.2) is 48.6 Å². The number of aliphatic hydroxyl groups is 1. The van der Waals surface area contributed by atoms with Gasteiger partial charge in [-0.3, -0.25) is 4.79 Å². The molecule has 2 aromatic rings. The summed E-state index contributed by atoms with van der Waals surface area (Å²) >= 11 is 6.43. The van der Waals surface area contributed by atoms with Crippen LogP contribution in [0.5, 0.6) is 5.75 Å². The molecule has 2 heterocycles. The minimum absolute atomic E-state index is 0.0711. The number of benzene rings is 2. The van der Waals surface area contributed by atoms with E-state index >= 15 is 0 Å². The van der Waals surface area contributed by atoms with Gasteiger partial charge in [0.15, 0.2) is 0 Å². The van der Waals surface area contributed by atoms with Crippen LogP contribution in [-0.4, -0.2) is 76.9 Å². The molecule has 2 N–H and O–H groups in total. The van der Waals surface area contributed by atoms with E-state index in [0.717, 1.165) is 42.8 Å². The minimum Gasteiger partial charge on any atom is -0.490 e. The van der Waals surface area contributed by atoms with E-state index < -0.39 is 26.8 Å². The zero-order chi connectivity index (χ0) is 33.4. The maximum Gasteiger partial charge on any atom is 0.264 e. The second-order valence-electron chi connectivity index (χ2n) is 14.1. The van der Waals surface area contributed by atoms with Gasteiger partial charge in [0.25, 0.3) is 5.91 Å². The number of carbonyl (C=O) groups is 1. The lowest BCUT2D eigenvalue weighted by Crippen LogP contribution is -2.54. The van der Waals surface area contributed by atoms with Crippen LogP contribution >= 0.6 is 11.6 Å². The summed E-state index contributed by atoms with van der Waals surface area (Å²) in [6.07, 6.45) is 8.77. The quantitative estimate of drug-likeness (QED) is 0.323. The van der Waals surface area contributed by atoms with E-state index in [1.54, 1.807) is 32.2 Å². The first kappa shape index (κ1) is 34.2. The van der Waals surface area contributed by atoms with E-state index in [4.69, 9.17) is 25.8 Å². The van der Waals surface area contributed by atoms with E-state index in [9.17, 15) is 18.3 Å². The number of rotatable bonds is 5. The molecule has 2 aliphatic heterocycles. The number of hydrogen-bond donors (Lipinski definition) is 2. The van der Waals surface area contributed by atoms with Crippen molar-refractivity contribution in [1.29, 1.82) is 0 Å². The van der Waals surface area contributed by atoms with Gasteiger partial charge in [-0.1, -0.05) is 36.7 Å². The van der Waals surface area contributed by atoms with Crippen molar-refractivity contribution in [3.8, 4) is 5.75 Å². The molecule has 6 rings (SSSR count). The molecular weight excluding hydrogens is 640 g/mol. The number of fused-ring (bicyclic) bond motifs is 4. The number of sulfonamides is 1. The van der Waals surface area contributed by atoms with E-state index in [0.29, 0.717) is 45.1 Å². The SMILES string of the molecule is COCCOC[C@@]1(O)/C=C/C[C@H](C)[C@@H](C)S(=O)(=O)NC(=O)c2ccc3c(c2)N(C[C@@H]2CC[C@H]21)C[C@@]1(CCCc2cc(Cl)ccc21)CO3. The van der Waals surface area contributed by atoms with E-state index in [1.165, 1.54) is 11.1 Å². The number of hydrogen-bond acceptors (Lipinski definition) is 8. The average molecular weight is 687 g/mol. The highest BCUT2D eigenvalue weighted by atomic mass is 35.5. The molecule has 0 aromatic heterocycles. The zero-order valence-corrected chi connectivity index (χ0v) is 29.1. The Morgan fingerprint density at radius 2 is 1.98 bits per heavy atom. The molecule has 1 amide bonds. The molecular formula is C36H47ClN2O7S. The van der Waals surface area contributed by atoms with Crippen molar-refractivity contribution < 1.29 is 32.5 Å². The van der Waals surface area contributed by atoms with Crippen molar-refractivity contribution in [2.45, 2.75) is 68.6 Å². The van der Waals surface area contributed by atoms with Crippen molar-refractivity contribution >= 4 is 33.2 Å². The molecule has 11 heteroatoms. The van der Waals surface area contributed by atoms with Crippen molar-refractivity contribution in [2.24, 2.45) is 17.8 Å². The molecule has 6 atom stereocenters. The van der Waals surface area contributed by atoms with Crippen molar-refractivity contribution in [3.05, 3.63) is 70.3 Å². The van der Waals surface area contributed by atoms with Gasteiger partial charge in [0.2, 0.25) is 10.0 Å². The van der Waals surface area contributed by atoms with Gasteiger partial charge >= 0.3 is 0 Å². The molecule has 47 heavy (non-hydrogen) atoms. The van der Waals surface area contributed by atoms with Crippen LogP contribution in [-0.2, 0) is 31.3 Å². The molecule has 1 fully saturated rings. The number of carbonyl (C=O) groups excluding carboxylic acids is 1. The zero-order valence-electron chi connectivity index (χ0n) is 27.5. The Morgan fingerprint density at radius 3 is 2.74 bits per heavy atom. The normalized spacial score (nSPS) is 32.6. The lowest BCUT2D eigenvalue weighted by atomic mass is 9.64. The molecule has 1 spiro atoms. The largest absolute Gasteiger partial charge is 0.490 e. The third-order valence-corrected chi connectivity index (χ3v) is 13.2. The first-order valence-corrected chi connectivity index (χ1v) is 18.7. The number of methoxy groups -OCH3 is 1.